The van der Waals surface area contributed by atoms with E-state index in [4.69, 9.17) is 4.74 Å². The Bertz CT molecular complexity index is 975. The summed E-state index contributed by atoms with van der Waals surface area (Å²) in [6, 6.07) is 13.9. The molecule has 30 heavy (non-hydrogen) atoms. The minimum absolute atomic E-state index is 0.112. The van der Waals surface area contributed by atoms with Crippen molar-refractivity contribution in [1.82, 2.24) is 4.90 Å². The lowest BCUT2D eigenvalue weighted by Crippen LogP contribution is -2.30. The summed E-state index contributed by atoms with van der Waals surface area (Å²) >= 11 is 0. The van der Waals surface area contributed by atoms with Crippen LogP contribution in [-0.4, -0.2) is 34.8 Å². The highest BCUT2D eigenvalue weighted by atomic mass is 16.5. The van der Waals surface area contributed by atoms with E-state index < -0.39 is 17.7 Å². The molecule has 156 valence electrons. The van der Waals surface area contributed by atoms with Gasteiger partial charge in [0.1, 0.15) is 18.1 Å². The number of benzene rings is 2. The zero-order valence-electron chi connectivity index (χ0n) is 17.4. The Kier molecular flexibility index (Phi) is 6.72. The summed E-state index contributed by atoms with van der Waals surface area (Å²) in [6.07, 6.45) is 3.30. The van der Waals surface area contributed by atoms with Gasteiger partial charge in [-0.2, -0.15) is 0 Å². The lowest BCUT2D eigenvalue weighted by atomic mass is 9.95. The van der Waals surface area contributed by atoms with E-state index in [9.17, 15) is 14.7 Å². The maximum Gasteiger partial charge on any atom is 0.295 e. The lowest BCUT2D eigenvalue weighted by molar-refractivity contribution is -0.139. The molecule has 0 radical (unpaired) electrons. The molecule has 0 aliphatic carbocycles. The summed E-state index contributed by atoms with van der Waals surface area (Å²) < 4.78 is 5.63. The van der Waals surface area contributed by atoms with Gasteiger partial charge < -0.3 is 14.7 Å². The number of ketones is 1. The van der Waals surface area contributed by atoms with Gasteiger partial charge in [-0.3, -0.25) is 9.59 Å². The average molecular weight is 405 g/mol. The molecule has 2 aromatic carbocycles. The van der Waals surface area contributed by atoms with Gasteiger partial charge in [0.25, 0.3) is 11.7 Å². The van der Waals surface area contributed by atoms with Crippen LogP contribution in [0.25, 0.3) is 5.76 Å². The van der Waals surface area contributed by atoms with Gasteiger partial charge in [-0.05, 0) is 31.0 Å². The molecule has 2 aromatic rings. The van der Waals surface area contributed by atoms with Gasteiger partial charge in [0.05, 0.1) is 11.6 Å². The minimum atomic E-state index is -0.662. The zero-order chi connectivity index (χ0) is 21.7. The smallest absolute Gasteiger partial charge is 0.295 e. The summed E-state index contributed by atoms with van der Waals surface area (Å²) in [5, 5.41) is 11.0. The number of aryl methyl sites for hydroxylation is 1. The fourth-order valence-electron chi connectivity index (χ4n) is 3.58. The molecule has 1 unspecified atom stereocenters. The van der Waals surface area contributed by atoms with E-state index in [0.717, 1.165) is 24.0 Å². The quantitative estimate of drug-likeness (QED) is 0.297. The Morgan fingerprint density at radius 1 is 1.20 bits per heavy atom. The number of carbonyl (C=O) groups excluding carboxylic acids is 2. The van der Waals surface area contributed by atoms with Gasteiger partial charge in [-0.1, -0.05) is 68.0 Å². The number of nitrogens with zero attached hydrogens (tertiary/aromatic N) is 1. The second kappa shape index (κ2) is 9.44. The molecule has 5 nitrogen and oxygen atoms in total. The molecule has 0 spiro atoms. The first-order valence-electron chi connectivity index (χ1n) is 10.2. The summed E-state index contributed by atoms with van der Waals surface area (Å²) in [7, 11) is 0. The van der Waals surface area contributed by atoms with Crippen LogP contribution in [0.3, 0.4) is 0 Å². The van der Waals surface area contributed by atoms with Crippen LogP contribution in [0.1, 0.15) is 42.5 Å². The number of Topliss-reactive ketones (excluding diaryl/α,β-unsaturated/α-hetero) is 1. The highest BCUT2D eigenvalue weighted by Gasteiger charge is 2.45. The zero-order valence-corrected chi connectivity index (χ0v) is 17.4. The largest absolute Gasteiger partial charge is 0.507 e. The van der Waals surface area contributed by atoms with Crippen LogP contribution in [0.5, 0.6) is 5.75 Å². The predicted molar refractivity (Wildman–Crippen MR) is 117 cm³/mol. The van der Waals surface area contributed by atoms with Gasteiger partial charge in [0.15, 0.2) is 0 Å². The van der Waals surface area contributed by atoms with E-state index in [1.165, 1.54) is 0 Å². The van der Waals surface area contributed by atoms with Gasteiger partial charge >= 0.3 is 0 Å². The standard InChI is InChI=1S/C25H27NO4/c1-4-6-14-26-22(19-8-7-9-20(16-19)30-15-5-2)21(24(28)25(26)29)23(27)18-12-10-17(3)11-13-18/h5,7-13,16,22,27H,2,4,6,14-15H2,1,3H3/b23-21-. The molecule has 0 aromatic heterocycles. The second-order valence-electron chi connectivity index (χ2n) is 7.38. The number of unbranched alkanes of at least 4 members (excludes halogenated alkanes) is 1. The molecule has 0 saturated carbocycles. The van der Waals surface area contributed by atoms with Crippen LogP contribution in [0.15, 0.2) is 66.8 Å². The molecule has 1 aliphatic heterocycles. The van der Waals surface area contributed by atoms with Crippen LogP contribution < -0.4 is 4.74 Å². The normalized spacial score (nSPS) is 17.9. The molecule has 1 aliphatic rings. The second-order valence-corrected chi connectivity index (χ2v) is 7.38. The number of aliphatic hydroxyl groups excluding tert-OH is 1. The molecule has 1 amide bonds. The van der Waals surface area contributed by atoms with Crippen molar-refractivity contribution in [2.24, 2.45) is 0 Å². The summed E-state index contributed by atoms with van der Waals surface area (Å²) in [6.45, 7) is 8.42. The summed E-state index contributed by atoms with van der Waals surface area (Å²) in [5.74, 6) is -0.787. The molecule has 1 heterocycles. The molecule has 5 heteroatoms. The van der Waals surface area contributed by atoms with Gasteiger partial charge in [0.2, 0.25) is 0 Å². The Hall–Kier alpha value is -3.34. The van der Waals surface area contributed by atoms with E-state index in [1.807, 2.05) is 44.2 Å². The average Bonchev–Trinajstić information content (AvgIpc) is 3.01. The first-order chi connectivity index (χ1) is 14.5. The number of ether oxygens (including phenoxy) is 1. The number of aliphatic hydroxyl groups is 1. The number of hydrogen-bond acceptors (Lipinski definition) is 4. The molecule has 0 bridgehead atoms. The summed E-state index contributed by atoms with van der Waals surface area (Å²) in [4.78, 5) is 27.3. The third-order valence-corrected chi connectivity index (χ3v) is 5.16. The highest BCUT2D eigenvalue weighted by molar-refractivity contribution is 6.46. The van der Waals surface area contributed by atoms with Crippen molar-refractivity contribution in [3.63, 3.8) is 0 Å². The van der Waals surface area contributed by atoms with Crippen molar-refractivity contribution in [2.45, 2.75) is 32.7 Å². The Morgan fingerprint density at radius 2 is 1.93 bits per heavy atom. The SMILES string of the molecule is C=CCOc1cccc(C2/C(=C(/O)c3ccc(C)cc3)C(=O)C(=O)N2CCCC)c1. The van der Waals surface area contributed by atoms with Crippen molar-refractivity contribution in [3.05, 3.63) is 83.4 Å². The molecule has 1 atom stereocenters. The van der Waals surface area contributed by atoms with Crippen LogP contribution >= 0.6 is 0 Å². The Balaban J connectivity index is 2.12. The van der Waals surface area contributed by atoms with Crippen LogP contribution in [0.4, 0.5) is 0 Å². The maximum absolute atomic E-state index is 12.9. The first kappa shape index (κ1) is 21.4. The van der Waals surface area contributed by atoms with E-state index >= 15 is 0 Å². The monoisotopic (exact) mass is 405 g/mol. The van der Waals surface area contributed by atoms with Crippen molar-refractivity contribution in [1.29, 1.82) is 0 Å². The lowest BCUT2D eigenvalue weighted by Gasteiger charge is -2.25. The Morgan fingerprint density at radius 3 is 2.60 bits per heavy atom. The molecule has 1 saturated heterocycles. The predicted octanol–water partition coefficient (Wildman–Crippen LogP) is 4.78. The van der Waals surface area contributed by atoms with Crippen molar-refractivity contribution < 1.29 is 19.4 Å². The van der Waals surface area contributed by atoms with E-state index in [-0.39, 0.29) is 11.3 Å². The maximum atomic E-state index is 12.9. The first-order valence-corrected chi connectivity index (χ1v) is 10.2. The number of likely N-dealkylation sites (tertiary alicyclic amines) is 1. The minimum Gasteiger partial charge on any atom is -0.507 e. The van der Waals surface area contributed by atoms with Crippen LogP contribution in [0.2, 0.25) is 0 Å². The summed E-state index contributed by atoms with van der Waals surface area (Å²) in [5.41, 5.74) is 2.39. The number of amides is 1. The molecular formula is C25H27NO4. The number of hydrogen-bond donors (Lipinski definition) is 1. The van der Waals surface area contributed by atoms with Crippen LogP contribution in [0, 0.1) is 6.92 Å². The molecule has 1 N–H and O–H groups in total. The third kappa shape index (κ3) is 4.30. The van der Waals surface area contributed by atoms with E-state index in [2.05, 4.69) is 6.58 Å². The molecule has 1 fully saturated rings. The van der Waals surface area contributed by atoms with Crippen molar-refractivity contribution >= 4 is 17.4 Å². The Labute approximate surface area is 177 Å². The topological polar surface area (TPSA) is 66.8 Å². The van der Waals surface area contributed by atoms with Crippen LogP contribution in [-0.2, 0) is 9.59 Å². The molecule has 3 rings (SSSR count). The number of rotatable bonds is 8. The van der Waals surface area contributed by atoms with Crippen molar-refractivity contribution in [2.75, 3.05) is 13.2 Å². The highest BCUT2D eigenvalue weighted by Crippen LogP contribution is 2.40. The van der Waals surface area contributed by atoms with E-state index in [1.54, 1.807) is 29.2 Å². The van der Waals surface area contributed by atoms with E-state index in [0.29, 0.717) is 24.5 Å². The third-order valence-electron chi connectivity index (χ3n) is 5.16. The number of carbonyl (C=O) groups is 2. The van der Waals surface area contributed by atoms with Gasteiger partial charge in [0, 0.05) is 12.1 Å². The molecular weight excluding hydrogens is 378 g/mol. The van der Waals surface area contributed by atoms with Crippen molar-refractivity contribution in [3.8, 4) is 5.75 Å². The fourth-order valence-corrected chi connectivity index (χ4v) is 3.58. The van der Waals surface area contributed by atoms with Gasteiger partial charge in [-0.25, -0.2) is 0 Å². The van der Waals surface area contributed by atoms with Gasteiger partial charge in [-0.15, -0.1) is 0 Å². The fraction of sp³-hybridized carbons (Fsp3) is 0.280.